The molecule has 1 aliphatic heterocycles. The van der Waals surface area contributed by atoms with Crippen LogP contribution >= 0.6 is 0 Å². The predicted octanol–water partition coefficient (Wildman–Crippen LogP) is 16.4. The number of rotatable bonds is 7. The van der Waals surface area contributed by atoms with E-state index in [0.29, 0.717) is 57.0 Å². The first-order valence-electron chi connectivity index (χ1n) is 26.6. The van der Waals surface area contributed by atoms with Crippen molar-refractivity contribution in [3.8, 4) is 39.6 Å². The number of hydrogen-bond donors (Lipinski definition) is 0. The molecule has 0 N–H and O–H groups in total. The standard InChI is InChI=1S/C60H58N4O/c1-58(2,3)42-31-32-61-56(36-42)64-52-26-14-13-23-50(52)51-30-29-47(38-55(51)64)65-46-22-17-21-45(37-46)62-39-63(54-28-16-15-27-53(54)62)57-48(40-19-11-10-12-20-40)24-18-25-49(57)41-33-43(59(4,5)6)35-44(34-41)60(7,8)9/h10-38H,39H2,1-9H3/i10D,11D,12D,13D,14D,19D,20D,23D,26D. The third-order valence-corrected chi connectivity index (χ3v) is 12.4. The minimum absolute atomic E-state index is 0.120. The van der Waals surface area contributed by atoms with Gasteiger partial charge >= 0.3 is 0 Å². The van der Waals surface area contributed by atoms with Gasteiger partial charge in [0.25, 0.3) is 0 Å². The van der Waals surface area contributed by atoms with Gasteiger partial charge in [0.15, 0.2) is 0 Å². The van der Waals surface area contributed by atoms with E-state index in [1.165, 1.54) is 0 Å². The van der Waals surface area contributed by atoms with Gasteiger partial charge in [-0.15, -0.1) is 0 Å². The molecule has 324 valence electrons. The molecular formula is C60H58N4O. The van der Waals surface area contributed by atoms with Crippen LogP contribution in [0, 0.1) is 0 Å². The highest BCUT2D eigenvalue weighted by molar-refractivity contribution is 6.09. The van der Waals surface area contributed by atoms with Crippen molar-refractivity contribution in [1.82, 2.24) is 9.55 Å². The second kappa shape index (κ2) is 15.8. The van der Waals surface area contributed by atoms with Gasteiger partial charge in [-0.2, -0.15) is 0 Å². The molecule has 1 aliphatic rings. The summed E-state index contributed by atoms with van der Waals surface area (Å²) in [6.45, 7) is 19.8. The number of ether oxygens (including phenoxy) is 1. The Balaban J connectivity index is 1.11. The number of pyridine rings is 1. The Hall–Kier alpha value is -7.11. The van der Waals surface area contributed by atoms with Crippen molar-refractivity contribution in [1.29, 1.82) is 0 Å². The summed E-state index contributed by atoms with van der Waals surface area (Å²) in [7, 11) is 0. The van der Waals surface area contributed by atoms with E-state index in [0.717, 1.165) is 44.9 Å². The molecule has 2 aromatic heterocycles. The number of para-hydroxylation sites is 4. The van der Waals surface area contributed by atoms with Crippen LogP contribution in [0.2, 0.25) is 0 Å². The maximum absolute atomic E-state index is 9.23. The average molecular weight is 860 g/mol. The first-order valence-corrected chi connectivity index (χ1v) is 22.1. The lowest BCUT2D eigenvalue weighted by Gasteiger charge is -2.29. The second-order valence-electron chi connectivity index (χ2n) is 20.0. The van der Waals surface area contributed by atoms with Gasteiger partial charge in [0.2, 0.25) is 0 Å². The van der Waals surface area contributed by atoms with Crippen LogP contribution in [0.1, 0.15) is 91.3 Å². The number of benzene rings is 7. The van der Waals surface area contributed by atoms with E-state index in [4.69, 9.17) is 19.3 Å². The maximum Gasteiger partial charge on any atom is 0.137 e. The molecule has 3 heterocycles. The lowest BCUT2D eigenvalue weighted by molar-refractivity contribution is 0.483. The molecular weight excluding hydrogens is 793 g/mol. The molecule has 0 saturated carbocycles. The lowest BCUT2D eigenvalue weighted by atomic mass is 9.78. The summed E-state index contributed by atoms with van der Waals surface area (Å²) in [4.78, 5) is 9.09. The van der Waals surface area contributed by atoms with Crippen molar-refractivity contribution in [3.63, 3.8) is 0 Å². The quantitative estimate of drug-likeness (QED) is 0.160. The summed E-state index contributed by atoms with van der Waals surface area (Å²) in [5.41, 5.74) is 9.34. The Kier molecular flexibility index (Phi) is 7.93. The number of anilines is 4. The van der Waals surface area contributed by atoms with Crippen LogP contribution in [0.25, 0.3) is 49.9 Å². The Labute approximate surface area is 397 Å². The van der Waals surface area contributed by atoms with Crippen LogP contribution in [0.4, 0.5) is 22.7 Å². The zero-order chi connectivity index (χ0) is 53.1. The summed E-state index contributed by atoms with van der Waals surface area (Å²) in [6, 6.07) is 35.0. The lowest BCUT2D eigenvalue weighted by Crippen LogP contribution is -2.25. The van der Waals surface area contributed by atoms with Gasteiger partial charge in [0, 0.05) is 45.9 Å². The second-order valence-corrected chi connectivity index (χ2v) is 20.0. The van der Waals surface area contributed by atoms with Crippen LogP contribution in [0.15, 0.2) is 176 Å². The Morgan fingerprint density at radius 1 is 0.508 bits per heavy atom. The smallest absolute Gasteiger partial charge is 0.137 e. The van der Waals surface area contributed by atoms with Crippen LogP contribution in [0.3, 0.4) is 0 Å². The van der Waals surface area contributed by atoms with Gasteiger partial charge in [-0.3, -0.25) is 4.57 Å². The summed E-state index contributed by atoms with van der Waals surface area (Å²) in [5, 5.41) is 1.03. The first kappa shape index (κ1) is 32.5. The topological polar surface area (TPSA) is 33.5 Å². The van der Waals surface area contributed by atoms with Crippen molar-refractivity contribution in [2.75, 3.05) is 16.5 Å². The van der Waals surface area contributed by atoms with E-state index in [9.17, 15) is 2.74 Å². The molecule has 5 nitrogen and oxygen atoms in total. The molecule has 0 spiro atoms. The monoisotopic (exact) mass is 860 g/mol. The van der Waals surface area contributed by atoms with Crippen molar-refractivity contribution in [3.05, 3.63) is 193 Å². The van der Waals surface area contributed by atoms with Gasteiger partial charge < -0.3 is 14.5 Å². The van der Waals surface area contributed by atoms with E-state index in [1.807, 2.05) is 84.9 Å². The van der Waals surface area contributed by atoms with Gasteiger partial charge in [-0.25, -0.2) is 4.98 Å². The van der Waals surface area contributed by atoms with Crippen LogP contribution in [0.5, 0.6) is 11.5 Å². The van der Waals surface area contributed by atoms with E-state index >= 15 is 0 Å². The summed E-state index contributed by atoms with van der Waals surface area (Å²) in [6.07, 6.45) is 1.73. The summed E-state index contributed by atoms with van der Waals surface area (Å²) >= 11 is 0. The number of fused-ring (bicyclic) bond motifs is 4. The highest BCUT2D eigenvalue weighted by atomic mass is 16.5. The number of nitrogens with zero attached hydrogens (tertiary/aromatic N) is 4. The van der Waals surface area contributed by atoms with Crippen molar-refractivity contribution >= 4 is 44.6 Å². The normalized spacial score (nSPS) is 15.1. The predicted molar refractivity (Wildman–Crippen MR) is 274 cm³/mol. The Morgan fingerprint density at radius 2 is 1.14 bits per heavy atom. The summed E-state index contributed by atoms with van der Waals surface area (Å²) in [5.74, 6) is 1.53. The zero-order valence-electron chi connectivity index (χ0n) is 47.5. The summed E-state index contributed by atoms with van der Waals surface area (Å²) < 4.78 is 88.2. The molecule has 9 aromatic rings. The van der Waals surface area contributed by atoms with Gasteiger partial charge in [0.1, 0.15) is 24.0 Å². The molecule has 0 aliphatic carbocycles. The van der Waals surface area contributed by atoms with E-state index in [-0.39, 0.29) is 58.1 Å². The first-order chi connectivity index (χ1) is 34.8. The van der Waals surface area contributed by atoms with Gasteiger partial charge in [-0.05, 0) is 98.6 Å². The molecule has 0 saturated heterocycles. The third-order valence-electron chi connectivity index (χ3n) is 12.4. The van der Waals surface area contributed by atoms with Gasteiger partial charge in [0.05, 0.1) is 40.4 Å². The molecule has 65 heavy (non-hydrogen) atoms. The third kappa shape index (κ3) is 7.84. The average Bonchev–Trinajstić information content (AvgIpc) is 3.94. The van der Waals surface area contributed by atoms with E-state index in [2.05, 4.69) is 102 Å². The van der Waals surface area contributed by atoms with Gasteiger partial charge in [-0.1, -0.05) is 165 Å². The molecule has 0 radical (unpaired) electrons. The van der Waals surface area contributed by atoms with Crippen LogP contribution in [-0.2, 0) is 16.2 Å². The van der Waals surface area contributed by atoms with Crippen LogP contribution in [-0.4, -0.2) is 16.2 Å². The van der Waals surface area contributed by atoms with Crippen molar-refractivity contribution < 1.29 is 17.1 Å². The molecule has 5 heteroatoms. The van der Waals surface area contributed by atoms with Crippen molar-refractivity contribution in [2.24, 2.45) is 0 Å². The minimum Gasteiger partial charge on any atom is -0.457 e. The molecule has 0 atom stereocenters. The molecule has 0 amide bonds. The van der Waals surface area contributed by atoms with E-state index < -0.39 is 18.1 Å². The maximum atomic E-state index is 9.23. The Morgan fingerprint density at radius 3 is 1.85 bits per heavy atom. The molecule has 0 unspecified atom stereocenters. The zero-order valence-corrected chi connectivity index (χ0v) is 38.5. The fraction of sp³-hybridized carbons (Fsp3) is 0.217. The van der Waals surface area contributed by atoms with Crippen molar-refractivity contribution in [2.45, 2.75) is 78.6 Å². The number of hydrogen-bond acceptors (Lipinski definition) is 4. The Bertz CT molecular complexity index is 3710. The fourth-order valence-corrected chi connectivity index (χ4v) is 8.79. The SMILES string of the molecule is [2H]c1c([2H])c([2H])c(-c2cccc(-c3cc(C(C)(C)C)cc(C(C)(C)C)c3)c2N2CN(c3cccc(Oc4ccc5c6c([2H])c([2H])c([2H])c([2H])c6n(-c6cc(C(C)(C)C)ccn6)c5c4)c3)c3ccccc32)c([2H])c1[2H]. The molecule has 0 fully saturated rings. The number of aromatic nitrogens is 2. The molecule has 10 rings (SSSR count). The minimum atomic E-state index is -0.450. The largest absolute Gasteiger partial charge is 0.457 e. The van der Waals surface area contributed by atoms with E-state index in [1.54, 1.807) is 10.8 Å². The fourth-order valence-electron chi connectivity index (χ4n) is 8.79. The van der Waals surface area contributed by atoms with Crippen LogP contribution < -0.4 is 14.5 Å². The highest BCUT2D eigenvalue weighted by Gasteiger charge is 2.32. The molecule has 7 aromatic carbocycles. The molecule has 0 bridgehead atoms. The highest BCUT2D eigenvalue weighted by Crippen LogP contribution is 2.51.